The summed E-state index contributed by atoms with van der Waals surface area (Å²) in [6.45, 7) is 0. The molecular weight excluding hydrogens is 262 g/mol. The van der Waals surface area contributed by atoms with E-state index in [0.717, 1.165) is 5.56 Å². The van der Waals surface area contributed by atoms with Gasteiger partial charge in [-0.25, -0.2) is 13.6 Å². The van der Waals surface area contributed by atoms with Crippen LogP contribution in [-0.2, 0) is 16.4 Å². The molecule has 4 nitrogen and oxygen atoms in total. The molecule has 0 aliphatic carbocycles. The Hall–Kier alpha value is -1.85. The molecule has 0 spiro atoms. The van der Waals surface area contributed by atoms with Gasteiger partial charge in [-0.1, -0.05) is 48.5 Å². The first-order valence-electron chi connectivity index (χ1n) is 5.83. The molecule has 19 heavy (non-hydrogen) atoms. The van der Waals surface area contributed by atoms with E-state index in [0.29, 0.717) is 5.75 Å². The lowest BCUT2D eigenvalue weighted by Gasteiger charge is -2.17. The van der Waals surface area contributed by atoms with Crippen LogP contribution >= 0.6 is 0 Å². The van der Waals surface area contributed by atoms with E-state index in [9.17, 15) is 8.42 Å². The molecule has 100 valence electrons. The van der Waals surface area contributed by atoms with Crippen molar-refractivity contribution < 1.29 is 13.2 Å². The molecule has 0 aliphatic rings. The molecular formula is C14H15NO3S. The van der Waals surface area contributed by atoms with Crippen LogP contribution in [0, 0.1) is 0 Å². The van der Waals surface area contributed by atoms with E-state index in [2.05, 4.69) is 0 Å². The molecule has 5 heteroatoms. The Bertz CT molecular complexity index is 570. The summed E-state index contributed by atoms with van der Waals surface area (Å²) in [5.41, 5.74) is -0.227. The summed E-state index contributed by atoms with van der Waals surface area (Å²) in [4.78, 5) is 0. The molecule has 0 saturated heterocycles. The van der Waals surface area contributed by atoms with Gasteiger partial charge >= 0.3 is 0 Å². The summed E-state index contributed by atoms with van der Waals surface area (Å²) in [6, 6.07) is 18.0. The number of primary sulfonamides is 1. The maximum Gasteiger partial charge on any atom is 0.247 e. The van der Waals surface area contributed by atoms with Crippen molar-refractivity contribution in [1.29, 1.82) is 0 Å². The van der Waals surface area contributed by atoms with Gasteiger partial charge in [0.25, 0.3) is 0 Å². The lowest BCUT2D eigenvalue weighted by Crippen LogP contribution is -2.35. The molecule has 0 saturated carbocycles. The fourth-order valence-electron chi connectivity index (χ4n) is 1.68. The minimum Gasteiger partial charge on any atom is -0.473 e. The molecule has 2 N–H and O–H groups in total. The highest BCUT2D eigenvalue weighted by atomic mass is 32.2. The van der Waals surface area contributed by atoms with Crippen LogP contribution in [0.1, 0.15) is 5.56 Å². The Balaban J connectivity index is 2.18. The van der Waals surface area contributed by atoms with Crippen molar-refractivity contribution in [2.24, 2.45) is 5.14 Å². The quantitative estimate of drug-likeness (QED) is 0.907. The second-order valence-corrected chi connectivity index (χ2v) is 5.84. The van der Waals surface area contributed by atoms with Gasteiger partial charge in [0.2, 0.25) is 15.5 Å². The number of ether oxygens (including phenoxy) is 1. The molecule has 1 unspecified atom stereocenters. The third kappa shape index (κ3) is 4.08. The molecule has 1 atom stereocenters. The SMILES string of the molecule is NS(=O)(=O)C(Cc1ccccc1)Oc1ccccc1. The topological polar surface area (TPSA) is 69.4 Å². The van der Waals surface area contributed by atoms with Gasteiger partial charge in [-0.05, 0) is 17.7 Å². The fraction of sp³-hybridized carbons (Fsp3) is 0.143. The highest BCUT2D eigenvalue weighted by Crippen LogP contribution is 2.16. The third-order valence-electron chi connectivity index (χ3n) is 2.62. The van der Waals surface area contributed by atoms with Crippen molar-refractivity contribution >= 4 is 10.0 Å². The van der Waals surface area contributed by atoms with E-state index < -0.39 is 15.5 Å². The Labute approximate surface area is 112 Å². The zero-order valence-electron chi connectivity index (χ0n) is 10.3. The average Bonchev–Trinajstić information content (AvgIpc) is 2.39. The molecule has 2 aromatic carbocycles. The maximum atomic E-state index is 11.6. The first-order valence-corrected chi connectivity index (χ1v) is 7.44. The highest BCUT2D eigenvalue weighted by Gasteiger charge is 2.23. The van der Waals surface area contributed by atoms with Crippen molar-refractivity contribution in [3.05, 3.63) is 66.2 Å². The lowest BCUT2D eigenvalue weighted by molar-refractivity contribution is 0.273. The van der Waals surface area contributed by atoms with Crippen LogP contribution in [0.4, 0.5) is 0 Å². The van der Waals surface area contributed by atoms with Crippen LogP contribution in [0.3, 0.4) is 0 Å². The van der Waals surface area contributed by atoms with Crippen LogP contribution in [0.25, 0.3) is 0 Å². The second-order valence-electron chi connectivity index (χ2n) is 4.14. The zero-order valence-corrected chi connectivity index (χ0v) is 11.1. The van der Waals surface area contributed by atoms with Gasteiger partial charge in [0.05, 0.1) is 0 Å². The van der Waals surface area contributed by atoms with Crippen molar-refractivity contribution in [2.75, 3.05) is 0 Å². The van der Waals surface area contributed by atoms with Gasteiger partial charge in [-0.3, -0.25) is 0 Å². The minimum atomic E-state index is -3.78. The number of sulfonamides is 1. The number of benzene rings is 2. The normalized spacial score (nSPS) is 12.9. The smallest absolute Gasteiger partial charge is 0.247 e. The van der Waals surface area contributed by atoms with Crippen molar-refractivity contribution in [3.63, 3.8) is 0 Å². The molecule has 0 aliphatic heterocycles. The summed E-state index contributed by atoms with van der Waals surface area (Å²) in [5.74, 6) is 0.484. The summed E-state index contributed by atoms with van der Waals surface area (Å²) >= 11 is 0. The zero-order chi connectivity index (χ0) is 13.7. The fourth-order valence-corrected chi connectivity index (χ4v) is 2.35. The van der Waals surface area contributed by atoms with Gasteiger partial charge in [0, 0.05) is 6.42 Å². The van der Waals surface area contributed by atoms with Gasteiger partial charge in [0.1, 0.15) is 5.75 Å². The highest BCUT2D eigenvalue weighted by molar-refractivity contribution is 7.89. The predicted molar refractivity (Wildman–Crippen MR) is 74.1 cm³/mol. The molecule has 0 bridgehead atoms. The van der Waals surface area contributed by atoms with Crippen molar-refractivity contribution in [2.45, 2.75) is 11.9 Å². The van der Waals surface area contributed by atoms with E-state index in [1.165, 1.54) is 0 Å². The Morgan fingerprint density at radius 1 is 0.947 bits per heavy atom. The molecule has 0 aromatic heterocycles. The Morgan fingerprint density at radius 3 is 2.00 bits per heavy atom. The summed E-state index contributed by atoms with van der Waals surface area (Å²) in [5, 5.41) is 5.22. The van der Waals surface area contributed by atoms with Gasteiger partial charge in [-0.15, -0.1) is 0 Å². The van der Waals surface area contributed by atoms with E-state index >= 15 is 0 Å². The third-order valence-corrected chi connectivity index (χ3v) is 3.62. The summed E-state index contributed by atoms with van der Waals surface area (Å²) < 4.78 is 28.7. The lowest BCUT2D eigenvalue weighted by atomic mass is 10.2. The molecule has 0 amide bonds. The number of para-hydroxylation sites is 1. The number of hydrogen-bond acceptors (Lipinski definition) is 3. The Morgan fingerprint density at radius 2 is 1.47 bits per heavy atom. The monoisotopic (exact) mass is 277 g/mol. The molecule has 0 heterocycles. The van der Waals surface area contributed by atoms with Gasteiger partial charge in [0.15, 0.2) is 0 Å². The maximum absolute atomic E-state index is 11.6. The number of hydrogen-bond donors (Lipinski definition) is 1. The van der Waals surface area contributed by atoms with Crippen LogP contribution < -0.4 is 9.88 Å². The summed E-state index contributed by atoms with van der Waals surface area (Å²) in [7, 11) is -3.78. The standard InChI is InChI=1S/C14H15NO3S/c15-19(16,17)14(11-12-7-3-1-4-8-12)18-13-9-5-2-6-10-13/h1-10,14H,11H2,(H2,15,16,17). The number of nitrogens with two attached hydrogens (primary N) is 1. The predicted octanol–water partition coefficient (Wildman–Crippen LogP) is 1.92. The van der Waals surface area contributed by atoms with Crippen LogP contribution in [0.2, 0.25) is 0 Å². The molecule has 0 fully saturated rings. The first-order chi connectivity index (χ1) is 9.05. The van der Waals surface area contributed by atoms with Crippen LogP contribution in [0.15, 0.2) is 60.7 Å². The van der Waals surface area contributed by atoms with Crippen molar-refractivity contribution in [1.82, 2.24) is 0 Å². The first kappa shape index (κ1) is 13.6. The van der Waals surface area contributed by atoms with Crippen molar-refractivity contribution in [3.8, 4) is 5.75 Å². The van der Waals surface area contributed by atoms with E-state index in [-0.39, 0.29) is 6.42 Å². The van der Waals surface area contributed by atoms with Crippen LogP contribution in [-0.4, -0.2) is 13.9 Å². The van der Waals surface area contributed by atoms with Crippen LogP contribution in [0.5, 0.6) is 5.75 Å². The average molecular weight is 277 g/mol. The molecule has 0 radical (unpaired) electrons. The Kier molecular flexibility index (Phi) is 4.19. The van der Waals surface area contributed by atoms with Gasteiger partial charge < -0.3 is 4.74 Å². The summed E-state index contributed by atoms with van der Waals surface area (Å²) in [6.07, 6.45) is 0.217. The minimum absolute atomic E-state index is 0.217. The van der Waals surface area contributed by atoms with Gasteiger partial charge in [-0.2, -0.15) is 0 Å². The second kappa shape index (κ2) is 5.86. The molecule has 2 aromatic rings. The van der Waals surface area contributed by atoms with E-state index in [4.69, 9.17) is 9.88 Å². The molecule has 2 rings (SSSR count). The van der Waals surface area contributed by atoms with E-state index in [1.54, 1.807) is 24.3 Å². The largest absolute Gasteiger partial charge is 0.473 e. The van der Waals surface area contributed by atoms with E-state index in [1.807, 2.05) is 36.4 Å². The number of rotatable bonds is 5.